The number of hydrogen-bond donors (Lipinski definition) is 2. The van der Waals surface area contributed by atoms with Gasteiger partial charge in [-0.3, -0.25) is 9.59 Å². The minimum absolute atomic E-state index is 0.363. The molecule has 0 heterocycles. The van der Waals surface area contributed by atoms with Gasteiger partial charge in [0.05, 0.1) is 0 Å². The van der Waals surface area contributed by atoms with Crippen LogP contribution in [0.3, 0.4) is 0 Å². The minimum Gasteiger partial charge on any atom is -0.325 e. The Kier molecular flexibility index (Phi) is 5.53. The molecule has 5 heteroatoms. The summed E-state index contributed by atoms with van der Waals surface area (Å²) in [6, 6.07) is 10.9. The van der Waals surface area contributed by atoms with Crippen molar-refractivity contribution in [3.05, 3.63) is 58.1 Å². The van der Waals surface area contributed by atoms with Crippen molar-refractivity contribution >= 4 is 34.8 Å². The zero-order valence-electron chi connectivity index (χ0n) is 15.2. The second-order valence-electron chi connectivity index (χ2n) is 6.74. The van der Waals surface area contributed by atoms with E-state index >= 15 is 0 Å². The van der Waals surface area contributed by atoms with Gasteiger partial charge in [-0.25, -0.2) is 0 Å². The van der Waals surface area contributed by atoms with E-state index in [1.165, 1.54) is 0 Å². The molecular formula is C20H23ClN2O2. The zero-order chi connectivity index (χ0) is 18.8. The first kappa shape index (κ1) is 19.0. The molecule has 0 fully saturated rings. The normalized spacial score (nSPS) is 11.1. The maximum atomic E-state index is 12.7. The van der Waals surface area contributed by atoms with Gasteiger partial charge >= 0.3 is 0 Å². The summed E-state index contributed by atoms with van der Waals surface area (Å²) >= 11 is 5.99. The highest BCUT2D eigenvalue weighted by molar-refractivity contribution is 6.31. The Morgan fingerprint density at radius 2 is 1.48 bits per heavy atom. The van der Waals surface area contributed by atoms with Crippen LogP contribution in [0.2, 0.25) is 5.02 Å². The third-order valence-electron chi connectivity index (χ3n) is 4.44. The van der Waals surface area contributed by atoms with Crippen molar-refractivity contribution in [2.45, 2.75) is 34.6 Å². The lowest BCUT2D eigenvalue weighted by Crippen LogP contribution is -2.41. The van der Waals surface area contributed by atoms with E-state index in [1.54, 1.807) is 26.0 Å². The van der Waals surface area contributed by atoms with Gasteiger partial charge in [0.25, 0.3) is 0 Å². The summed E-state index contributed by atoms with van der Waals surface area (Å²) in [6.45, 7) is 8.98. The Morgan fingerprint density at radius 3 is 2.12 bits per heavy atom. The molecule has 0 saturated carbocycles. The van der Waals surface area contributed by atoms with Gasteiger partial charge in [0, 0.05) is 16.4 Å². The lowest BCUT2D eigenvalue weighted by Gasteiger charge is -2.24. The first-order chi connectivity index (χ1) is 11.6. The van der Waals surface area contributed by atoms with Crippen molar-refractivity contribution < 1.29 is 9.59 Å². The number of hydrogen-bond acceptors (Lipinski definition) is 2. The number of carbonyl (C=O) groups is 2. The smallest absolute Gasteiger partial charge is 0.239 e. The molecule has 0 aliphatic carbocycles. The number of benzene rings is 2. The second-order valence-corrected chi connectivity index (χ2v) is 7.18. The molecule has 2 N–H and O–H groups in total. The van der Waals surface area contributed by atoms with Crippen LogP contribution < -0.4 is 10.6 Å². The standard InChI is InChI=1S/C20H23ClN2O2/c1-12-7-6-8-16(14(12)3)22-18(24)20(4,5)19(25)23-17-11-15(21)10-9-13(17)2/h6-11H,1-5H3,(H,22,24)(H,23,25). The van der Waals surface area contributed by atoms with Gasteiger partial charge in [0.1, 0.15) is 5.41 Å². The van der Waals surface area contributed by atoms with Gasteiger partial charge in [-0.2, -0.15) is 0 Å². The molecule has 25 heavy (non-hydrogen) atoms. The summed E-state index contributed by atoms with van der Waals surface area (Å²) in [4.78, 5) is 25.3. The number of aryl methyl sites for hydroxylation is 2. The van der Waals surface area contributed by atoms with Crippen molar-refractivity contribution in [3.63, 3.8) is 0 Å². The van der Waals surface area contributed by atoms with Crippen molar-refractivity contribution in [1.29, 1.82) is 0 Å². The fourth-order valence-corrected chi connectivity index (χ4v) is 2.45. The molecule has 0 aromatic heterocycles. The van der Waals surface area contributed by atoms with Crippen LogP contribution >= 0.6 is 11.6 Å². The molecule has 0 bridgehead atoms. The lowest BCUT2D eigenvalue weighted by atomic mass is 9.90. The molecule has 0 radical (unpaired) electrons. The van der Waals surface area contributed by atoms with Crippen molar-refractivity contribution in [1.82, 2.24) is 0 Å². The van der Waals surface area contributed by atoms with Crippen LogP contribution in [-0.2, 0) is 9.59 Å². The van der Waals surface area contributed by atoms with Gasteiger partial charge in [0.15, 0.2) is 0 Å². The summed E-state index contributed by atoms with van der Waals surface area (Å²) in [7, 11) is 0. The molecule has 2 aromatic carbocycles. The average molecular weight is 359 g/mol. The Hall–Kier alpha value is -2.33. The van der Waals surface area contributed by atoms with E-state index in [0.717, 1.165) is 16.7 Å². The van der Waals surface area contributed by atoms with Crippen LogP contribution in [0, 0.1) is 26.2 Å². The van der Waals surface area contributed by atoms with E-state index in [2.05, 4.69) is 10.6 Å². The molecule has 0 aliphatic rings. The second kappa shape index (κ2) is 7.28. The Morgan fingerprint density at radius 1 is 0.880 bits per heavy atom. The topological polar surface area (TPSA) is 58.2 Å². The van der Waals surface area contributed by atoms with E-state index < -0.39 is 5.41 Å². The quantitative estimate of drug-likeness (QED) is 0.766. The first-order valence-electron chi connectivity index (χ1n) is 8.08. The molecule has 132 valence electrons. The van der Waals surface area contributed by atoms with E-state index in [-0.39, 0.29) is 11.8 Å². The van der Waals surface area contributed by atoms with Gasteiger partial charge < -0.3 is 10.6 Å². The van der Waals surface area contributed by atoms with Crippen LogP contribution in [0.25, 0.3) is 0 Å². The predicted octanol–water partition coefficient (Wildman–Crippen LogP) is 4.87. The highest BCUT2D eigenvalue weighted by atomic mass is 35.5. The maximum absolute atomic E-state index is 12.7. The SMILES string of the molecule is Cc1ccc(Cl)cc1NC(=O)C(C)(C)C(=O)Nc1cccc(C)c1C. The third-order valence-corrected chi connectivity index (χ3v) is 4.67. The van der Waals surface area contributed by atoms with Gasteiger partial charge in [-0.1, -0.05) is 29.8 Å². The molecule has 0 atom stereocenters. The number of anilines is 2. The van der Waals surface area contributed by atoms with Crippen molar-refractivity contribution in [2.75, 3.05) is 10.6 Å². The molecule has 2 rings (SSSR count). The van der Waals surface area contributed by atoms with Gasteiger partial charge in [-0.15, -0.1) is 0 Å². The maximum Gasteiger partial charge on any atom is 0.239 e. The van der Waals surface area contributed by atoms with Gasteiger partial charge in [0.2, 0.25) is 11.8 Å². The Bertz CT molecular complexity index is 810. The summed E-state index contributed by atoms with van der Waals surface area (Å²) in [5.41, 5.74) is 3.01. The van der Waals surface area contributed by atoms with Crippen LogP contribution in [0.1, 0.15) is 30.5 Å². The monoisotopic (exact) mass is 358 g/mol. The highest BCUT2D eigenvalue weighted by Crippen LogP contribution is 2.26. The lowest BCUT2D eigenvalue weighted by molar-refractivity contribution is -0.135. The summed E-state index contributed by atoms with van der Waals surface area (Å²) < 4.78 is 0. The number of amides is 2. The molecule has 0 spiro atoms. The van der Waals surface area contributed by atoms with E-state index in [0.29, 0.717) is 16.4 Å². The molecule has 2 amide bonds. The predicted molar refractivity (Wildman–Crippen MR) is 103 cm³/mol. The highest BCUT2D eigenvalue weighted by Gasteiger charge is 2.36. The molecular weight excluding hydrogens is 336 g/mol. The first-order valence-corrected chi connectivity index (χ1v) is 8.46. The molecule has 2 aromatic rings. The number of nitrogens with one attached hydrogen (secondary N) is 2. The number of rotatable bonds is 4. The van der Waals surface area contributed by atoms with Crippen LogP contribution in [-0.4, -0.2) is 11.8 Å². The number of carbonyl (C=O) groups excluding carboxylic acids is 2. The van der Waals surface area contributed by atoms with Crippen molar-refractivity contribution in [2.24, 2.45) is 5.41 Å². The molecule has 0 saturated heterocycles. The molecule has 0 unspecified atom stereocenters. The van der Waals surface area contributed by atoms with Gasteiger partial charge in [-0.05, 0) is 69.5 Å². The summed E-state index contributed by atoms with van der Waals surface area (Å²) in [5, 5.41) is 6.18. The summed E-state index contributed by atoms with van der Waals surface area (Å²) in [5.74, 6) is -0.751. The third kappa shape index (κ3) is 4.20. The largest absolute Gasteiger partial charge is 0.325 e. The minimum atomic E-state index is -1.25. The average Bonchev–Trinajstić information content (AvgIpc) is 2.55. The Balaban J connectivity index is 2.18. The molecule has 0 aliphatic heterocycles. The van der Waals surface area contributed by atoms with Crippen LogP contribution in [0.5, 0.6) is 0 Å². The number of halogens is 1. The van der Waals surface area contributed by atoms with E-state index in [9.17, 15) is 9.59 Å². The van der Waals surface area contributed by atoms with Crippen LogP contribution in [0.4, 0.5) is 11.4 Å². The van der Waals surface area contributed by atoms with Crippen molar-refractivity contribution in [3.8, 4) is 0 Å². The Labute approximate surface area is 153 Å². The van der Waals surface area contributed by atoms with Crippen LogP contribution in [0.15, 0.2) is 36.4 Å². The molecule has 4 nitrogen and oxygen atoms in total. The summed E-state index contributed by atoms with van der Waals surface area (Å²) in [6.07, 6.45) is 0. The fourth-order valence-electron chi connectivity index (χ4n) is 2.28. The fraction of sp³-hybridized carbons (Fsp3) is 0.300. The zero-order valence-corrected chi connectivity index (χ0v) is 15.9. The van der Waals surface area contributed by atoms with E-state index in [1.807, 2.05) is 45.0 Å². The van der Waals surface area contributed by atoms with E-state index in [4.69, 9.17) is 11.6 Å².